The third-order valence-corrected chi connectivity index (χ3v) is 3.75. The number of hydrogen-bond acceptors (Lipinski definition) is 3. The Hall–Kier alpha value is -0.120. The van der Waals surface area contributed by atoms with Crippen LogP contribution in [0, 0.1) is 5.92 Å². The maximum atomic E-state index is 9.94. The van der Waals surface area contributed by atoms with Crippen LogP contribution in [0.1, 0.15) is 40.5 Å². The Balaban J connectivity index is 2.20. The number of likely N-dealkylation sites (N-methyl/N-ethyl adjacent to an activating group) is 1. The predicted octanol–water partition coefficient (Wildman–Crippen LogP) is 1.47. The lowest BCUT2D eigenvalue weighted by Crippen LogP contribution is -2.47. The van der Waals surface area contributed by atoms with Gasteiger partial charge in [0, 0.05) is 18.6 Å². The normalized spacial score (nSPS) is 19.1. The largest absolute Gasteiger partial charge is 0.390 e. The number of nitrogens with zero attached hydrogens (tertiary/aromatic N) is 1. The molecule has 0 aromatic rings. The Labute approximate surface area is 100 Å². The molecule has 1 aliphatic rings. The first kappa shape index (κ1) is 13.9. The van der Waals surface area contributed by atoms with E-state index >= 15 is 0 Å². The summed E-state index contributed by atoms with van der Waals surface area (Å²) >= 11 is 0. The summed E-state index contributed by atoms with van der Waals surface area (Å²) in [4.78, 5) is 2.26. The third kappa shape index (κ3) is 4.40. The molecule has 1 rings (SSSR count). The molecular weight excluding hydrogens is 200 g/mol. The van der Waals surface area contributed by atoms with E-state index in [2.05, 4.69) is 37.9 Å². The quantitative estimate of drug-likeness (QED) is 0.660. The van der Waals surface area contributed by atoms with E-state index in [-0.39, 0.29) is 11.6 Å². The van der Waals surface area contributed by atoms with Crippen molar-refractivity contribution in [3.63, 3.8) is 0 Å². The van der Waals surface area contributed by atoms with Crippen LogP contribution in [0.15, 0.2) is 0 Å². The zero-order chi connectivity index (χ0) is 12.2. The molecule has 16 heavy (non-hydrogen) atoms. The highest BCUT2D eigenvalue weighted by Gasteiger charge is 2.37. The van der Waals surface area contributed by atoms with Crippen LogP contribution in [0.3, 0.4) is 0 Å². The standard InChI is InChI=1S/C13H28N2O/c1-5-15(6-2)10-12(16)9-14-13(3,4)11-7-8-11/h11-12,14,16H,5-10H2,1-4H3. The minimum Gasteiger partial charge on any atom is -0.390 e. The van der Waals surface area contributed by atoms with Gasteiger partial charge in [0.2, 0.25) is 0 Å². The Kier molecular flexibility index (Phi) is 5.22. The van der Waals surface area contributed by atoms with Crippen molar-refractivity contribution in [2.24, 2.45) is 5.92 Å². The lowest BCUT2D eigenvalue weighted by Gasteiger charge is -2.29. The second kappa shape index (κ2) is 5.99. The monoisotopic (exact) mass is 228 g/mol. The van der Waals surface area contributed by atoms with Gasteiger partial charge in [-0.25, -0.2) is 0 Å². The molecule has 0 bridgehead atoms. The molecule has 0 aromatic carbocycles. The number of rotatable bonds is 8. The summed E-state index contributed by atoms with van der Waals surface area (Å²) in [5.41, 5.74) is 0.199. The first-order valence-corrected chi connectivity index (χ1v) is 6.65. The zero-order valence-corrected chi connectivity index (χ0v) is 11.3. The van der Waals surface area contributed by atoms with Gasteiger partial charge in [-0.05, 0) is 45.7 Å². The number of β-amino-alcohol motifs (C(OH)–C–C–N with tert-alkyl or cyclic N) is 1. The molecule has 0 radical (unpaired) electrons. The minimum atomic E-state index is -0.252. The molecule has 0 spiro atoms. The summed E-state index contributed by atoms with van der Waals surface area (Å²) in [6.07, 6.45) is 2.43. The lowest BCUT2D eigenvalue weighted by atomic mass is 9.98. The molecule has 1 atom stereocenters. The highest BCUT2D eigenvalue weighted by Crippen LogP contribution is 2.39. The van der Waals surface area contributed by atoms with Crippen LogP contribution >= 0.6 is 0 Å². The molecule has 1 saturated carbocycles. The van der Waals surface area contributed by atoms with Crippen LogP contribution in [0.2, 0.25) is 0 Å². The van der Waals surface area contributed by atoms with Crippen molar-refractivity contribution in [3.05, 3.63) is 0 Å². The van der Waals surface area contributed by atoms with Gasteiger partial charge in [0.05, 0.1) is 6.10 Å². The number of nitrogens with one attached hydrogen (secondary N) is 1. The molecule has 1 aliphatic carbocycles. The summed E-state index contributed by atoms with van der Waals surface area (Å²) in [5.74, 6) is 0.813. The molecule has 0 heterocycles. The van der Waals surface area contributed by atoms with E-state index in [9.17, 15) is 5.11 Å². The number of aliphatic hydroxyl groups excluding tert-OH is 1. The van der Waals surface area contributed by atoms with Gasteiger partial charge in [0.1, 0.15) is 0 Å². The maximum absolute atomic E-state index is 9.94. The van der Waals surface area contributed by atoms with Crippen LogP contribution in [0.4, 0.5) is 0 Å². The molecule has 1 fully saturated rings. The van der Waals surface area contributed by atoms with E-state index < -0.39 is 0 Å². The summed E-state index contributed by atoms with van der Waals surface area (Å²) in [5, 5.41) is 13.4. The van der Waals surface area contributed by atoms with Crippen LogP contribution in [-0.2, 0) is 0 Å². The molecule has 3 nitrogen and oxygen atoms in total. The smallest absolute Gasteiger partial charge is 0.0791 e. The Morgan fingerprint density at radius 3 is 2.31 bits per heavy atom. The van der Waals surface area contributed by atoms with E-state index in [0.29, 0.717) is 6.54 Å². The summed E-state index contributed by atoms with van der Waals surface area (Å²) in [6.45, 7) is 12.3. The lowest BCUT2D eigenvalue weighted by molar-refractivity contribution is 0.107. The molecule has 0 saturated heterocycles. The van der Waals surface area contributed by atoms with Gasteiger partial charge in [0.15, 0.2) is 0 Å². The highest BCUT2D eigenvalue weighted by molar-refractivity contribution is 4.94. The SMILES string of the molecule is CCN(CC)CC(O)CNC(C)(C)C1CC1. The number of hydrogen-bond donors (Lipinski definition) is 2. The minimum absolute atomic E-state index is 0.199. The van der Waals surface area contributed by atoms with Gasteiger partial charge >= 0.3 is 0 Å². The summed E-state index contributed by atoms with van der Waals surface area (Å²) in [6, 6.07) is 0. The first-order chi connectivity index (χ1) is 7.49. The fourth-order valence-corrected chi connectivity index (χ4v) is 2.17. The topological polar surface area (TPSA) is 35.5 Å². The molecular formula is C13H28N2O. The van der Waals surface area contributed by atoms with Crippen LogP contribution in [-0.4, -0.2) is 47.8 Å². The maximum Gasteiger partial charge on any atom is 0.0791 e. The Morgan fingerprint density at radius 2 is 1.88 bits per heavy atom. The van der Waals surface area contributed by atoms with E-state index in [1.165, 1.54) is 12.8 Å². The van der Waals surface area contributed by atoms with Crippen molar-refractivity contribution in [3.8, 4) is 0 Å². The van der Waals surface area contributed by atoms with Crippen molar-refractivity contribution in [1.82, 2.24) is 10.2 Å². The second-order valence-corrected chi connectivity index (χ2v) is 5.52. The van der Waals surface area contributed by atoms with Crippen molar-refractivity contribution in [2.45, 2.75) is 52.2 Å². The van der Waals surface area contributed by atoms with Crippen LogP contribution in [0.5, 0.6) is 0 Å². The second-order valence-electron chi connectivity index (χ2n) is 5.52. The van der Waals surface area contributed by atoms with E-state index in [4.69, 9.17) is 0 Å². The molecule has 1 unspecified atom stereocenters. The molecule has 0 aromatic heterocycles. The first-order valence-electron chi connectivity index (χ1n) is 6.65. The molecule has 0 aliphatic heterocycles. The van der Waals surface area contributed by atoms with Crippen LogP contribution in [0.25, 0.3) is 0 Å². The van der Waals surface area contributed by atoms with Gasteiger partial charge in [-0.15, -0.1) is 0 Å². The van der Waals surface area contributed by atoms with Gasteiger partial charge < -0.3 is 15.3 Å². The van der Waals surface area contributed by atoms with Gasteiger partial charge in [-0.3, -0.25) is 0 Å². The van der Waals surface area contributed by atoms with Crippen molar-refractivity contribution in [2.75, 3.05) is 26.2 Å². The Bertz CT molecular complexity index is 198. The Morgan fingerprint density at radius 1 is 1.31 bits per heavy atom. The van der Waals surface area contributed by atoms with Gasteiger partial charge in [0.25, 0.3) is 0 Å². The van der Waals surface area contributed by atoms with Crippen molar-refractivity contribution < 1.29 is 5.11 Å². The average Bonchev–Trinajstić information content (AvgIpc) is 3.07. The third-order valence-electron chi connectivity index (χ3n) is 3.75. The van der Waals surface area contributed by atoms with E-state index in [1.807, 2.05) is 0 Å². The highest BCUT2D eigenvalue weighted by atomic mass is 16.3. The molecule has 0 amide bonds. The predicted molar refractivity (Wildman–Crippen MR) is 68.6 cm³/mol. The van der Waals surface area contributed by atoms with Crippen molar-refractivity contribution >= 4 is 0 Å². The zero-order valence-electron chi connectivity index (χ0n) is 11.3. The number of aliphatic hydroxyl groups is 1. The fraction of sp³-hybridized carbons (Fsp3) is 1.00. The van der Waals surface area contributed by atoms with Gasteiger partial charge in [-0.2, -0.15) is 0 Å². The van der Waals surface area contributed by atoms with Gasteiger partial charge in [-0.1, -0.05) is 13.8 Å². The summed E-state index contributed by atoms with van der Waals surface area (Å²) in [7, 11) is 0. The molecule has 2 N–H and O–H groups in total. The average molecular weight is 228 g/mol. The van der Waals surface area contributed by atoms with Crippen molar-refractivity contribution in [1.29, 1.82) is 0 Å². The van der Waals surface area contributed by atoms with Crippen LogP contribution < -0.4 is 5.32 Å². The molecule has 3 heteroatoms. The van der Waals surface area contributed by atoms with E-state index in [0.717, 1.165) is 25.6 Å². The fourth-order valence-electron chi connectivity index (χ4n) is 2.17. The van der Waals surface area contributed by atoms with E-state index in [1.54, 1.807) is 0 Å². The summed E-state index contributed by atoms with van der Waals surface area (Å²) < 4.78 is 0. The molecule has 96 valence electrons.